The van der Waals surface area contributed by atoms with Crippen LogP contribution in [0.3, 0.4) is 0 Å². The fraction of sp³-hybridized carbons (Fsp3) is 0.346. The minimum atomic E-state index is -0.217. The molecule has 0 unspecified atom stereocenters. The number of aryl methyl sites for hydroxylation is 2. The Morgan fingerprint density at radius 2 is 1.76 bits per heavy atom. The van der Waals surface area contributed by atoms with Crippen LogP contribution < -0.4 is 15.6 Å². The molecule has 172 valence electrons. The van der Waals surface area contributed by atoms with E-state index in [0.717, 1.165) is 17.7 Å². The highest BCUT2D eigenvalue weighted by Crippen LogP contribution is 2.25. The van der Waals surface area contributed by atoms with Gasteiger partial charge in [0.2, 0.25) is 5.95 Å². The summed E-state index contributed by atoms with van der Waals surface area (Å²) in [5.41, 5.74) is 5.00. The van der Waals surface area contributed by atoms with Gasteiger partial charge in [-0.15, -0.1) is 0 Å². The summed E-state index contributed by atoms with van der Waals surface area (Å²) < 4.78 is 7.45. The highest BCUT2D eigenvalue weighted by atomic mass is 16.5. The Bertz CT molecular complexity index is 1310. The molecule has 7 nitrogen and oxygen atoms in total. The van der Waals surface area contributed by atoms with Crippen molar-refractivity contribution in [1.82, 2.24) is 19.6 Å². The Morgan fingerprint density at radius 3 is 2.45 bits per heavy atom. The summed E-state index contributed by atoms with van der Waals surface area (Å²) in [5.74, 6) is 1.99. The molecule has 4 rings (SSSR count). The molecule has 0 atom stereocenters. The van der Waals surface area contributed by atoms with Crippen LogP contribution in [0.2, 0.25) is 0 Å². The maximum Gasteiger partial charge on any atom is 0.266 e. The smallest absolute Gasteiger partial charge is 0.266 e. The minimum absolute atomic E-state index is 0.0728. The zero-order valence-corrected chi connectivity index (χ0v) is 19.9. The van der Waals surface area contributed by atoms with Gasteiger partial charge in [0.15, 0.2) is 11.5 Å². The number of aromatic amines is 1. The van der Waals surface area contributed by atoms with Crippen molar-refractivity contribution in [3.63, 3.8) is 0 Å². The number of fused-ring (bicyclic) bond motifs is 1. The lowest BCUT2D eigenvalue weighted by molar-refractivity contribution is 0.314. The van der Waals surface area contributed by atoms with Crippen molar-refractivity contribution in [2.45, 2.75) is 46.5 Å². The van der Waals surface area contributed by atoms with E-state index >= 15 is 0 Å². The number of nitrogens with zero attached hydrogens (tertiary/aromatic N) is 3. The van der Waals surface area contributed by atoms with Gasteiger partial charge in [0, 0.05) is 18.2 Å². The van der Waals surface area contributed by atoms with Gasteiger partial charge in [-0.1, -0.05) is 51.1 Å². The first-order chi connectivity index (χ1) is 15.7. The predicted molar refractivity (Wildman–Crippen MR) is 132 cm³/mol. The number of hydrogen-bond acceptors (Lipinski definition) is 5. The van der Waals surface area contributed by atoms with E-state index in [4.69, 9.17) is 4.74 Å². The van der Waals surface area contributed by atoms with Crippen molar-refractivity contribution in [2.24, 2.45) is 0 Å². The molecule has 0 aliphatic rings. The summed E-state index contributed by atoms with van der Waals surface area (Å²) in [6.07, 6.45) is 0.777. The average molecular weight is 446 g/mol. The largest absolute Gasteiger partial charge is 0.494 e. The molecule has 0 radical (unpaired) electrons. The molecule has 2 aromatic heterocycles. The maximum atomic E-state index is 11.9. The van der Waals surface area contributed by atoms with Crippen LogP contribution in [-0.4, -0.2) is 32.7 Å². The lowest BCUT2D eigenvalue weighted by Gasteiger charge is -2.19. The summed E-state index contributed by atoms with van der Waals surface area (Å²) in [4.78, 5) is 21.2. The SMILES string of the molecule is Cc1ccc(OCCCNc2nc(-c3ccc(C(C)(C)C)cc3)nc3cc(=O)[nH]n23)cc1C. The van der Waals surface area contributed by atoms with Crippen LogP contribution in [0.15, 0.2) is 53.3 Å². The lowest BCUT2D eigenvalue weighted by atomic mass is 9.87. The van der Waals surface area contributed by atoms with E-state index in [1.165, 1.54) is 22.8 Å². The van der Waals surface area contributed by atoms with Crippen molar-refractivity contribution < 1.29 is 4.74 Å². The number of rotatable bonds is 7. The van der Waals surface area contributed by atoms with Crippen molar-refractivity contribution in [1.29, 1.82) is 0 Å². The Balaban J connectivity index is 1.47. The second kappa shape index (κ2) is 9.10. The van der Waals surface area contributed by atoms with Gasteiger partial charge in [0.25, 0.3) is 5.56 Å². The third-order valence-corrected chi connectivity index (χ3v) is 5.72. The van der Waals surface area contributed by atoms with Gasteiger partial charge in [-0.25, -0.2) is 9.50 Å². The first-order valence-corrected chi connectivity index (χ1v) is 11.3. The van der Waals surface area contributed by atoms with Crippen LogP contribution in [0.1, 0.15) is 43.9 Å². The van der Waals surface area contributed by atoms with Crippen molar-refractivity contribution >= 4 is 11.6 Å². The molecule has 0 saturated heterocycles. The van der Waals surface area contributed by atoms with E-state index in [1.54, 1.807) is 4.52 Å². The standard InChI is InChI=1S/C26H31N5O2/c1-17-7-12-21(15-18(17)2)33-14-6-13-27-25-29-24(28-22-16-23(32)30-31(22)25)19-8-10-20(11-9-19)26(3,4)5/h7-12,15-16H,6,13-14H2,1-5H3,(H,30,32)(H,27,28,29). The van der Waals surface area contributed by atoms with E-state index in [2.05, 4.69) is 79.3 Å². The first kappa shape index (κ1) is 22.6. The molecule has 2 aromatic carbocycles. The molecule has 4 aromatic rings. The summed E-state index contributed by atoms with van der Waals surface area (Å²) in [6.45, 7) is 11.9. The molecule has 0 spiro atoms. The molecule has 0 aliphatic heterocycles. The van der Waals surface area contributed by atoms with E-state index in [0.29, 0.717) is 30.6 Å². The number of H-pyrrole nitrogens is 1. The van der Waals surface area contributed by atoms with E-state index < -0.39 is 0 Å². The van der Waals surface area contributed by atoms with Crippen molar-refractivity contribution in [2.75, 3.05) is 18.5 Å². The quantitative estimate of drug-likeness (QED) is 0.396. The van der Waals surface area contributed by atoms with Gasteiger partial charge in [-0.3, -0.25) is 9.89 Å². The number of aromatic nitrogens is 4. The summed E-state index contributed by atoms with van der Waals surface area (Å²) in [6, 6.07) is 15.8. The molecule has 0 bridgehead atoms. The number of benzene rings is 2. The molecule has 33 heavy (non-hydrogen) atoms. The van der Waals surface area contributed by atoms with Crippen LogP contribution in [0.4, 0.5) is 5.95 Å². The monoisotopic (exact) mass is 445 g/mol. The van der Waals surface area contributed by atoms with Gasteiger partial charge >= 0.3 is 0 Å². The maximum absolute atomic E-state index is 11.9. The van der Waals surface area contributed by atoms with E-state index in [9.17, 15) is 4.79 Å². The van der Waals surface area contributed by atoms with Crippen molar-refractivity contribution in [3.8, 4) is 17.1 Å². The molecular formula is C26H31N5O2. The number of hydrogen-bond donors (Lipinski definition) is 2. The number of ether oxygens (including phenoxy) is 1. The fourth-order valence-electron chi connectivity index (χ4n) is 3.54. The molecule has 0 amide bonds. The zero-order valence-electron chi connectivity index (χ0n) is 19.9. The highest BCUT2D eigenvalue weighted by Gasteiger charge is 2.15. The van der Waals surface area contributed by atoms with Crippen LogP contribution in [0.5, 0.6) is 5.75 Å². The fourth-order valence-corrected chi connectivity index (χ4v) is 3.54. The second-order valence-corrected chi connectivity index (χ2v) is 9.39. The topological polar surface area (TPSA) is 84.3 Å². The van der Waals surface area contributed by atoms with Crippen LogP contribution in [0.25, 0.3) is 17.0 Å². The molecule has 2 N–H and O–H groups in total. The van der Waals surface area contributed by atoms with Crippen molar-refractivity contribution in [3.05, 3.63) is 75.6 Å². The van der Waals surface area contributed by atoms with Crippen LogP contribution in [0, 0.1) is 13.8 Å². The molecule has 0 aliphatic carbocycles. The summed E-state index contributed by atoms with van der Waals surface area (Å²) in [7, 11) is 0. The van der Waals surface area contributed by atoms with Gasteiger partial charge in [-0.2, -0.15) is 4.98 Å². The lowest BCUT2D eigenvalue weighted by Crippen LogP contribution is -2.14. The van der Waals surface area contributed by atoms with Gasteiger partial charge in [-0.05, 0) is 54.5 Å². The molecule has 0 saturated carbocycles. The zero-order chi connectivity index (χ0) is 23.6. The Hall–Kier alpha value is -3.61. The van der Waals surface area contributed by atoms with Gasteiger partial charge < -0.3 is 10.1 Å². The van der Waals surface area contributed by atoms with Crippen LogP contribution in [-0.2, 0) is 5.41 Å². The van der Waals surface area contributed by atoms with Gasteiger partial charge in [0.05, 0.1) is 6.61 Å². The molecule has 2 heterocycles. The molecule has 7 heteroatoms. The van der Waals surface area contributed by atoms with Crippen LogP contribution >= 0.6 is 0 Å². The first-order valence-electron chi connectivity index (χ1n) is 11.3. The highest BCUT2D eigenvalue weighted by molar-refractivity contribution is 5.60. The number of nitrogens with one attached hydrogen (secondary N) is 2. The van der Waals surface area contributed by atoms with E-state index in [1.807, 2.05) is 18.2 Å². The minimum Gasteiger partial charge on any atom is -0.494 e. The third kappa shape index (κ3) is 5.25. The predicted octanol–water partition coefficient (Wildman–Crippen LogP) is 4.88. The Labute approximate surface area is 193 Å². The van der Waals surface area contributed by atoms with Gasteiger partial charge in [0.1, 0.15) is 5.75 Å². The second-order valence-electron chi connectivity index (χ2n) is 9.39. The summed E-state index contributed by atoms with van der Waals surface area (Å²) >= 11 is 0. The molecule has 0 fully saturated rings. The third-order valence-electron chi connectivity index (χ3n) is 5.72. The average Bonchev–Trinajstić information content (AvgIpc) is 3.15. The Kier molecular flexibility index (Phi) is 6.22. The molecular weight excluding hydrogens is 414 g/mol. The number of anilines is 1. The van der Waals surface area contributed by atoms with E-state index in [-0.39, 0.29) is 11.0 Å². The normalized spacial score (nSPS) is 11.7. The Morgan fingerprint density at radius 1 is 1.00 bits per heavy atom. The summed E-state index contributed by atoms with van der Waals surface area (Å²) in [5, 5.41) is 6.07.